The molecule has 6 atom stereocenters. The first-order valence-corrected chi connectivity index (χ1v) is 14.4. The lowest BCUT2D eigenvalue weighted by Crippen LogP contribution is -2.67. The maximum Gasteiger partial charge on any atom is 0.364 e. The van der Waals surface area contributed by atoms with Crippen LogP contribution in [0.25, 0.3) is 0 Å². The Morgan fingerprint density at radius 2 is 1.73 bits per heavy atom. The number of ketones is 1. The van der Waals surface area contributed by atoms with Gasteiger partial charge in [-0.1, -0.05) is 36.3 Å². The van der Waals surface area contributed by atoms with Crippen LogP contribution in [-0.2, 0) is 28.5 Å². The van der Waals surface area contributed by atoms with E-state index in [4.69, 9.17) is 30.1 Å². The summed E-state index contributed by atoms with van der Waals surface area (Å²) in [6.45, 7) is 1.33. The molecule has 3 rings (SSSR count). The Labute approximate surface area is 261 Å². The maximum absolute atomic E-state index is 12.9. The van der Waals surface area contributed by atoms with Crippen molar-refractivity contribution in [1.82, 2.24) is 5.32 Å². The van der Waals surface area contributed by atoms with Gasteiger partial charge in [0, 0.05) is 25.3 Å². The maximum atomic E-state index is 12.9. The van der Waals surface area contributed by atoms with Crippen LogP contribution in [-0.4, -0.2) is 107 Å². The summed E-state index contributed by atoms with van der Waals surface area (Å²) in [6, 6.07) is 14.2. The summed E-state index contributed by atoms with van der Waals surface area (Å²) in [5.74, 6) is -1.65. The second kappa shape index (κ2) is 17.6. The van der Waals surface area contributed by atoms with Gasteiger partial charge in [-0.15, -0.1) is 6.42 Å². The highest BCUT2D eigenvalue weighted by Crippen LogP contribution is 2.34. The van der Waals surface area contributed by atoms with Crippen molar-refractivity contribution in [1.29, 1.82) is 0 Å². The molecule has 1 aliphatic heterocycles. The zero-order chi connectivity index (χ0) is 32.8. The Hall–Kier alpha value is -3.87. The average molecular weight is 630 g/mol. The highest BCUT2D eigenvalue weighted by molar-refractivity contribution is 5.96. The van der Waals surface area contributed by atoms with Crippen molar-refractivity contribution >= 4 is 17.7 Å². The second-order valence-electron chi connectivity index (χ2n) is 10.3. The standard InChI is InChI=1S/C32H39NO12/c1-3-14-41-15-16-42-17-18-43-32(31(39)40)20-27(37)28(33-21(2)34)30(45-32)29(38)26(36)13-12-25(35)22-8-7-11-24(19-22)44-23-9-5-4-6-10-23/h1,4-11,19,26-30,36-38H,12-18,20H2,2H3,(H,33,34)(H,39,40)/t26-,27+,28-,29-,30?,32-/m1/s1. The Morgan fingerprint density at radius 1 is 1.04 bits per heavy atom. The molecule has 1 heterocycles. The molecule has 13 heteroatoms. The van der Waals surface area contributed by atoms with E-state index in [1.165, 1.54) is 6.92 Å². The molecular weight excluding hydrogens is 590 g/mol. The predicted molar refractivity (Wildman–Crippen MR) is 158 cm³/mol. The number of aliphatic hydroxyl groups is 3. The fourth-order valence-corrected chi connectivity index (χ4v) is 4.74. The van der Waals surface area contributed by atoms with Gasteiger partial charge in [0.1, 0.15) is 30.3 Å². The number of para-hydroxylation sites is 1. The topological polar surface area (TPSA) is 190 Å². The van der Waals surface area contributed by atoms with Crippen molar-refractivity contribution in [2.75, 3.05) is 33.0 Å². The van der Waals surface area contributed by atoms with Crippen molar-refractivity contribution in [2.24, 2.45) is 0 Å². The average Bonchev–Trinajstić information content (AvgIpc) is 3.02. The summed E-state index contributed by atoms with van der Waals surface area (Å²) in [6.07, 6.45) is -2.56. The molecular formula is C32H39NO12. The molecule has 2 aromatic carbocycles. The smallest absolute Gasteiger partial charge is 0.364 e. The molecule has 45 heavy (non-hydrogen) atoms. The quantitative estimate of drug-likeness (QED) is 0.0904. The number of aliphatic hydroxyl groups excluding tert-OH is 3. The van der Waals surface area contributed by atoms with Crippen LogP contribution in [0.15, 0.2) is 54.6 Å². The van der Waals surface area contributed by atoms with Crippen molar-refractivity contribution in [3.63, 3.8) is 0 Å². The minimum atomic E-state index is -2.43. The highest BCUT2D eigenvalue weighted by Gasteiger charge is 2.55. The number of carboxylic acids is 1. The number of benzene rings is 2. The van der Waals surface area contributed by atoms with Crippen LogP contribution in [0.4, 0.5) is 0 Å². The fourth-order valence-electron chi connectivity index (χ4n) is 4.74. The molecule has 0 aromatic heterocycles. The Bertz CT molecular complexity index is 1300. The van der Waals surface area contributed by atoms with Gasteiger partial charge in [0.2, 0.25) is 5.91 Å². The first kappa shape index (κ1) is 35.6. The SMILES string of the molecule is C#CCOCCOCCO[C@]1(C(=O)O)C[C@H](O)[C@@H](NC(C)=O)C([C@H](O)[C@H](O)CCC(=O)c2cccc(Oc3ccccc3)c2)O1. The van der Waals surface area contributed by atoms with Crippen molar-refractivity contribution in [3.8, 4) is 23.8 Å². The van der Waals surface area contributed by atoms with Gasteiger partial charge in [0.15, 0.2) is 5.78 Å². The molecule has 1 unspecified atom stereocenters. The summed E-state index contributed by atoms with van der Waals surface area (Å²) in [4.78, 5) is 37.1. The lowest BCUT2D eigenvalue weighted by molar-refractivity contribution is -0.312. The Balaban J connectivity index is 1.65. The van der Waals surface area contributed by atoms with Gasteiger partial charge in [0.25, 0.3) is 5.79 Å². The number of rotatable bonds is 18. The zero-order valence-electron chi connectivity index (χ0n) is 24.9. The van der Waals surface area contributed by atoms with Gasteiger partial charge in [-0.25, -0.2) is 4.79 Å². The highest BCUT2D eigenvalue weighted by atomic mass is 16.7. The molecule has 5 N–H and O–H groups in total. The van der Waals surface area contributed by atoms with Gasteiger partial charge in [0.05, 0.1) is 44.7 Å². The second-order valence-corrected chi connectivity index (χ2v) is 10.3. The largest absolute Gasteiger partial charge is 0.477 e. The van der Waals surface area contributed by atoms with Crippen LogP contribution >= 0.6 is 0 Å². The van der Waals surface area contributed by atoms with Gasteiger partial charge in [-0.05, 0) is 30.7 Å². The van der Waals surface area contributed by atoms with Gasteiger partial charge in [-0.2, -0.15) is 0 Å². The summed E-state index contributed by atoms with van der Waals surface area (Å²) < 4.78 is 27.4. The lowest BCUT2D eigenvalue weighted by atomic mass is 9.87. The molecule has 1 aliphatic rings. The third kappa shape index (κ3) is 10.6. The third-order valence-electron chi connectivity index (χ3n) is 6.92. The number of hydrogen-bond acceptors (Lipinski definition) is 11. The summed E-state index contributed by atoms with van der Waals surface area (Å²) in [5.41, 5.74) is 0.314. The number of nitrogens with one attached hydrogen (secondary N) is 1. The van der Waals surface area contributed by atoms with E-state index in [2.05, 4.69) is 11.2 Å². The normalized spacial score (nSPS) is 22.5. The number of carbonyl (C=O) groups excluding carboxylic acids is 2. The number of ether oxygens (including phenoxy) is 5. The van der Waals surface area contributed by atoms with Crippen LogP contribution in [0.2, 0.25) is 0 Å². The van der Waals surface area contributed by atoms with E-state index in [0.717, 1.165) is 0 Å². The number of terminal acetylenes is 1. The zero-order valence-corrected chi connectivity index (χ0v) is 24.9. The molecule has 0 bridgehead atoms. The summed E-state index contributed by atoms with van der Waals surface area (Å²) in [5, 5.41) is 45.3. The predicted octanol–water partition coefficient (Wildman–Crippen LogP) is 1.28. The van der Waals surface area contributed by atoms with Crippen LogP contribution in [0.3, 0.4) is 0 Å². The number of carboxylic acid groups (broad SMARTS) is 1. The van der Waals surface area contributed by atoms with E-state index in [9.17, 15) is 34.8 Å². The van der Waals surface area contributed by atoms with Crippen LogP contribution in [0.1, 0.15) is 36.5 Å². The number of carbonyl (C=O) groups is 3. The fraction of sp³-hybridized carbons (Fsp3) is 0.469. The molecule has 0 saturated carbocycles. The van der Waals surface area contributed by atoms with E-state index in [-0.39, 0.29) is 51.7 Å². The molecule has 1 saturated heterocycles. The van der Waals surface area contributed by atoms with Crippen LogP contribution in [0.5, 0.6) is 11.5 Å². The van der Waals surface area contributed by atoms with Crippen LogP contribution < -0.4 is 10.1 Å². The minimum absolute atomic E-state index is 0.0570. The molecule has 1 fully saturated rings. The molecule has 1 amide bonds. The molecule has 2 aromatic rings. The number of hydrogen-bond donors (Lipinski definition) is 5. The van der Waals surface area contributed by atoms with Crippen molar-refractivity contribution < 1.29 is 58.5 Å². The molecule has 0 aliphatic carbocycles. The third-order valence-corrected chi connectivity index (χ3v) is 6.92. The van der Waals surface area contributed by atoms with E-state index in [0.29, 0.717) is 17.1 Å². The number of aliphatic carboxylic acids is 1. The van der Waals surface area contributed by atoms with E-state index in [1.54, 1.807) is 36.4 Å². The van der Waals surface area contributed by atoms with Crippen LogP contribution in [0, 0.1) is 12.3 Å². The lowest BCUT2D eigenvalue weighted by Gasteiger charge is -2.46. The number of Topliss-reactive ketones (excluding diaryl/α,β-unsaturated/α-hetero) is 1. The first-order valence-electron chi connectivity index (χ1n) is 14.4. The first-order chi connectivity index (χ1) is 21.6. The number of amides is 1. The monoisotopic (exact) mass is 629 g/mol. The Kier molecular flexibility index (Phi) is 13.9. The van der Waals surface area contributed by atoms with Gasteiger partial charge >= 0.3 is 5.97 Å². The van der Waals surface area contributed by atoms with Crippen molar-refractivity contribution in [2.45, 2.75) is 62.4 Å². The summed E-state index contributed by atoms with van der Waals surface area (Å²) in [7, 11) is 0. The van der Waals surface area contributed by atoms with E-state index >= 15 is 0 Å². The molecule has 0 radical (unpaired) electrons. The van der Waals surface area contributed by atoms with E-state index < -0.39 is 54.5 Å². The minimum Gasteiger partial charge on any atom is -0.477 e. The summed E-state index contributed by atoms with van der Waals surface area (Å²) >= 11 is 0. The molecule has 0 spiro atoms. The van der Waals surface area contributed by atoms with E-state index in [1.807, 2.05) is 18.2 Å². The van der Waals surface area contributed by atoms with Gasteiger partial charge in [-0.3, -0.25) is 9.59 Å². The molecule has 13 nitrogen and oxygen atoms in total. The van der Waals surface area contributed by atoms with Gasteiger partial charge < -0.3 is 49.4 Å². The van der Waals surface area contributed by atoms with Crippen molar-refractivity contribution in [3.05, 3.63) is 60.2 Å². The Morgan fingerprint density at radius 3 is 2.42 bits per heavy atom. The molecule has 244 valence electrons.